The van der Waals surface area contributed by atoms with Crippen LogP contribution in [0.25, 0.3) is 0 Å². The van der Waals surface area contributed by atoms with E-state index < -0.39 is 0 Å². The van der Waals surface area contributed by atoms with Gasteiger partial charge in [-0.1, -0.05) is 29.8 Å². The summed E-state index contributed by atoms with van der Waals surface area (Å²) in [6.07, 6.45) is 5.47. The highest BCUT2D eigenvalue weighted by Crippen LogP contribution is 2.65. The first-order valence-corrected chi connectivity index (χ1v) is 10.6. The minimum absolute atomic E-state index is 0.0918. The highest BCUT2D eigenvalue weighted by Gasteiger charge is 2.67. The molecule has 1 aliphatic heterocycles. The average molecular weight is 419 g/mol. The fourth-order valence-electron chi connectivity index (χ4n) is 5.74. The van der Waals surface area contributed by atoms with Gasteiger partial charge in [0.1, 0.15) is 0 Å². The van der Waals surface area contributed by atoms with E-state index >= 15 is 0 Å². The molecule has 6 atom stereocenters. The number of carbonyl (C=O) groups is 3. The Bertz CT molecular complexity index is 1090. The van der Waals surface area contributed by atoms with Crippen LogP contribution in [0, 0.1) is 35.5 Å². The Morgan fingerprint density at radius 3 is 2.17 bits per heavy atom. The van der Waals surface area contributed by atoms with Crippen molar-refractivity contribution in [1.82, 2.24) is 0 Å². The number of rotatable bonds is 3. The number of amides is 3. The molecule has 1 saturated heterocycles. The lowest BCUT2D eigenvalue weighted by Gasteiger charge is -2.37. The topological polar surface area (TPSA) is 66.5 Å². The predicted molar refractivity (Wildman–Crippen MR) is 113 cm³/mol. The highest BCUT2D eigenvalue weighted by atomic mass is 35.5. The molecule has 4 aliphatic carbocycles. The molecule has 1 N–H and O–H groups in total. The molecule has 3 fully saturated rings. The number of nitrogens with one attached hydrogen (secondary N) is 1. The van der Waals surface area contributed by atoms with E-state index in [0.717, 1.165) is 6.42 Å². The molecule has 6 heteroatoms. The van der Waals surface area contributed by atoms with Crippen LogP contribution >= 0.6 is 11.6 Å². The molecular formula is C24H19ClN2O3. The van der Waals surface area contributed by atoms with Crippen LogP contribution in [0.15, 0.2) is 60.7 Å². The lowest BCUT2D eigenvalue weighted by Crippen LogP contribution is -2.40. The Morgan fingerprint density at radius 2 is 1.57 bits per heavy atom. The first-order valence-electron chi connectivity index (χ1n) is 10.3. The quantitative estimate of drug-likeness (QED) is 0.601. The van der Waals surface area contributed by atoms with Gasteiger partial charge in [0, 0.05) is 16.3 Å². The molecule has 0 unspecified atom stereocenters. The summed E-state index contributed by atoms with van der Waals surface area (Å²) < 4.78 is 0. The normalized spacial score (nSPS) is 32.8. The molecule has 1 heterocycles. The number of hydrogen-bond donors (Lipinski definition) is 1. The number of allylic oxidation sites excluding steroid dienone is 2. The second-order valence-corrected chi connectivity index (χ2v) is 9.11. The van der Waals surface area contributed by atoms with Gasteiger partial charge in [0.15, 0.2) is 0 Å². The molecule has 2 bridgehead atoms. The Morgan fingerprint density at radius 1 is 0.933 bits per heavy atom. The molecule has 2 aromatic carbocycles. The monoisotopic (exact) mass is 418 g/mol. The summed E-state index contributed by atoms with van der Waals surface area (Å²) in [6, 6.07) is 13.6. The van der Waals surface area contributed by atoms with Gasteiger partial charge in [-0.05, 0) is 72.6 Å². The maximum Gasteiger partial charge on any atom is 0.255 e. The van der Waals surface area contributed by atoms with Crippen LogP contribution in [0.5, 0.6) is 0 Å². The number of hydrogen-bond acceptors (Lipinski definition) is 3. The molecule has 30 heavy (non-hydrogen) atoms. The smallest absolute Gasteiger partial charge is 0.255 e. The first kappa shape index (κ1) is 17.9. The fourth-order valence-corrected chi connectivity index (χ4v) is 5.93. The van der Waals surface area contributed by atoms with E-state index in [1.807, 2.05) is 0 Å². The van der Waals surface area contributed by atoms with Gasteiger partial charge >= 0.3 is 0 Å². The Hall–Kier alpha value is -2.92. The number of imide groups is 1. The molecule has 0 spiro atoms. The van der Waals surface area contributed by atoms with Gasteiger partial charge in [-0.25, -0.2) is 0 Å². The third kappa shape index (κ3) is 2.51. The molecule has 5 aliphatic rings. The molecule has 7 rings (SSSR count). The number of carbonyl (C=O) groups excluding carboxylic acids is 3. The number of anilines is 2. The lowest BCUT2D eigenvalue weighted by molar-refractivity contribution is -0.124. The van der Waals surface area contributed by atoms with E-state index in [1.54, 1.807) is 48.5 Å². The molecule has 3 amide bonds. The molecule has 0 aromatic heterocycles. The van der Waals surface area contributed by atoms with Crippen LogP contribution in [-0.2, 0) is 9.59 Å². The van der Waals surface area contributed by atoms with Crippen molar-refractivity contribution in [2.75, 3.05) is 10.2 Å². The second-order valence-electron chi connectivity index (χ2n) is 8.68. The number of nitrogens with zero attached hydrogens (tertiary/aromatic N) is 1. The molecule has 0 radical (unpaired) electrons. The zero-order chi connectivity index (χ0) is 20.6. The van der Waals surface area contributed by atoms with E-state index in [0.29, 0.717) is 33.8 Å². The zero-order valence-electron chi connectivity index (χ0n) is 16.0. The maximum atomic E-state index is 13.2. The summed E-state index contributed by atoms with van der Waals surface area (Å²) in [6.45, 7) is 0. The minimum Gasteiger partial charge on any atom is -0.322 e. The standard InChI is InChI=1S/C24H19ClN2O3/c25-13-2-1-3-14(10-13)26-22(28)12-4-6-15(7-5-12)27-23(29)20-16-8-9-17(19-11-18(16)19)21(20)24(27)30/h1-10,16-21H,11H2,(H,26,28)/t16-,17-,18-,19-,20-,21+/m1/s1. The highest BCUT2D eigenvalue weighted by molar-refractivity contribution is 6.31. The summed E-state index contributed by atoms with van der Waals surface area (Å²) in [7, 11) is 0. The van der Waals surface area contributed by atoms with Crippen molar-refractivity contribution in [2.24, 2.45) is 35.5 Å². The average Bonchev–Trinajstić information content (AvgIpc) is 3.52. The Balaban J connectivity index is 1.23. The number of halogens is 1. The van der Waals surface area contributed by atoms with Crippen LogP contribution in [0.1, 0.15) is 16.8 Å². The fraction of sp³-hybridized carbons (Fsp3) is 0.292. The predicted octanol–water partition coefficient (Wildman–Crippen LogP) is 4.15. The third-order valence-corrected chi connectivity index (χ3v) is 7.37. The third-order valence-electron chi connectivity index (χ3n) is 7.13. The van der Waals surface area contributed by atoms with Gasteiger partial charge in [0.2, 0.25) is 11.8 Å². The molecule has 2 saturated carbocycles. The van der Waals surface area contributed by atoms with Crippen molar-refractivity contribution in [3.05, 3.63) is 71.3 Å². The van der Waals surface area contributed by atoms with Gasteiger partial charge < -0.3 is 5.32 Å². The van der Waals surface area contributed by atoms with Crippen molar-refractivity contribution in [1.29, 1.82) is 0 Å². The summed E-state index contributed by atoms with van der Waals surface area (Å²) in [5.74, 6) is 0.661. The summed E-state index contributed by atoms with van der Waals surface area (Å²) in [4.78, 5) is 40.2. The van der Waals surface area contributed by atoms with Crippen molar-refractivity contribution in [2.45, 2.75) is 6.42 Å². The van der Waals surface area contributed by atoms with Gasteiger partial charge in [0.05, 0.1) is 17.5 Å². The van der Waals surface area contributed by atoms with Crippen LogP contribution in [0.2, 0.25) is 5.02 Å². The van der Waals surface area contributed by atoms with Gasteiger partial charge in [-0.2, -0.15) is 0 Å². The molecule has 2 aromatic rings. The molecule has 150 valence electrons. The summed E-state index contributed by atoms with van der Waals surface area (Å²) in [5, 5.41) is 3.34. The number of benzene rings is 2. The van der Waals surface area contributed by atoms with E-state index in [1.165, 1.54) is 4.90 Å². The Labute approximate surface area is 178 Å². The Kier molecular flexibility index (Phi) is 3.75. The molecular weight excluding hydrogens is 400 g/mol. The van der Waals surface area contributed by atoms with Gasteiger partial charge in [0.25, 0.3) is 5.91 Å². The van der Waals surface area contributed by atoms with Crippen molar-refractivity contribution >= 4 is 40.7 Å². The summed E-state index contributed by atoms with van der Waals surface area (Å²) >= 11 is 5.96. The van der Waals surface area contributed by atoms with Crippen LogP contribution in [0.4, 0.5) is 11.4 Å². The van der Waals surface area contributed by atoms with Crippen molar-refractivity contribution in [3.8, 4) is 0 Å². The van der Waals surface area contributed by atoms with Gasteiger partial charge in [-0.15, -0.1) is 0 Å². The van der Waals surface area contributed by atoms with E-state index in [4.69, 9.17) is 11.6 Å². The summed E-state index contributed by atoms with van der Waals surface area (Å²) in [5.41, 5.74) is 1.58. The SMILES string of the molecule is O=C(Nc1cccc(Cl)c1)c1ccc(N2C(=O)[C@@H]3[C@@H]4C=C[C@H]([C@H]5C[C@H]45)[C@@H]3C2=O)cc1. The van der Waals surface area contributed by atoms with E-state index in [-0.39, 0.29) is 41.4 Å². The van der Waals surface area contributed by atoms with Crippen molar-refractivity contribution in [3.63, 3.8) is 0 Å². The maximum absolute atomic E-state index is 13.2. The van der Waals surface area contributed by atoms with E-state index in [2.05, 4.69) is 17.5 Å². The zero-order valence-corrected chi connectivity index (χ0v) is 16.8. The largest absolute Gasteiger partial charge is 0.322 e. The van der Waals surface area contributed by atoms with Crippen LogP contribution < -0.4 is 10.2 Å². The van der Waals surface area contributed by atoms with Crippen molar-refractivity contribution < 1.29 is 14.4 Å². The lowest BCUT2D eigenvalue weighted by atomic mass is 9.63. The minimum atomic E-state index is -0.279. The van der Waals surface area contributed by atoms with Gasteiger partial charge in [-0.3, -0.25) is 19.3 Å². The van der Waals surface area contributed by atoms with Crippen LogP contribution in [0.3, 0.4) is 0 Å². The molecule has 5 nitrogen and oxygen atoms in total. The second kappa shape index (κ2) is 6.29. The first-order chi connectivity index (χ1) is 14.5. The van der Waals surface area contributed by atoms with Crippen LogP contribution in [-0.4, -0.2) is 17.7 Å². The van der Waals surface area contributed by atoms with E-state index in [9.17, 15) is 14.4 Å².